The van der Waals surface area contributed by atoms with Crippen molar-refractivity contribution >= 4 is 35.1 Å². The number of amides is 3. The normalized spacial score (nSPS) is 14.6. The number of benzene rings is 1. The maximum absolute atomic E-state index is 12.0. The molecule has 0 spiro atoms. The fraction of sp³-hybridized carbons (Fsp3) is 0.182. The molecule has 1 fully saturated rings. The molecule has 0 unspecified atom stereocenters. The van der Waals surface area contributed by atoms with E-state index in [0.29, 0.717) is 0 Å². The first-order valence-corrected chi connectivity index (χ1v) is 6.40. The van der Waals surface area contributed by atoms with Gasteiger partial charge in [0, 0.05) is 12.1 Å². The number of urea groups is 1. The average Bonchev–Trinajstić information content (AvgIpc) is 2.72. The molecule has 0 atom stereocenters. The molecule has 9 heteroatoms. The van der Waals surface area contributed by atoms with E-state index in [1.165, 1.54) is 24.3 Å². The van der Waals surface area contributed by atoms with Gasteiger partial charge in [0.2, 0.25) is 0 Å². The smallest absolute Gasteiger partial charge is 0.284 e. The van der Waals surface area contributed by atoms with Crippen LogP contribution in [0.5, 0.6) is 0 Å². The van der Waals surface area contributed by atoms with E-state index in [9.17, 15) is 19.7 Å². The Labute approximate surface area is 117 Å². The van der Waals surface area contributed by atoms with E-state index in [2.05, 4.69) is 0 Å². The summed E-state index contributed by atoms with van der Waals surface area (Å²) in [4.78, 5) is 36.0. The van der Waals surface area contributed by atoms with Crippen molar-refractivity contribution in [1.82, 2.24) is 4.90 Å². The predicted octanol–water partition coefficient (Wildman–Crippen LogP) is 1.54. The van der Waals surface area contributed by atoms with Crippen LogP contribution in [-0.4, -0.2) is 34.2 Å². The zero-order valence-electron chi connectivity index (χ0n) is 10.1. The highest BCUT2D eigenvalue weighted by Crippen LogP contribution is 2.25. The van der Waals surface area contributed by atoms with Crippen LogP contribution >= 0.6 is 11.8 Å². The first-order valence-electron chi connectivity index (χ1n) is 5.42. The molecule has 0 bridgehead atoms. The molecular weight excluding hydrogens is 284 g/mol. The SMILES string of the molecule is N#CSCN1C(=O)CN(c2cccc([N+](=O)[O-])c2)C1=O. The van der Waals surface area contributed by atoms with Crippen LogP contribution in [0.1, 0.15) is 0 Å². The van der Waals surface area contributed by atoms with Gasteiger partial charge in [-0.3, -0.25) is 24.7 Å². The standard InChI is InChI=1S/C11H8N4O4S/c12-6-20-7-14-10(16)5-13(11(14)17)8-2-1-3-9(4-8)15(18)19/h1-4H,5,7H2. The van der Waals surface area contributed by atoms with Gasteiger partial charge in [-0.25, -0.2) is 4.79 Å². The Balaban J connectivity index is 2.24. The molecule has 0 aromatic heterocycles. The first-order chi connectivity index (χ1) is 9.54. The fourth-order valence-corrected chi connectivity index (χ4v) is 2.18. The topological polar surface area (TPSA) is 108 Å². The molecular formula is C11H8N4O4S. The number of hydrogen-bond acceptors (Lipinski definition) is 6. The zero-order chi connectivity index (χ0) is 14.7. The summed E-state index contributed by atoms with van der Waals surface area (Å²) in [7, 11) is 0. The molecule has 20 heavy (non-hydrogen) atoms. The Bertz CT molecular complexity index is 627. The summed E-state index contributed by atoms with van der Waals surface area (Å²) in [5.41, 5.74) is 0.120. The number of nitrogens with zero attached hydrogens (tertiary/aromatic N) is 4. The lowest BCUT2D eigenvalue weighted by atomic mass is 10.2. The number of non-ortho nitro benzene ring substituents is 1. The molecule has 1 heterocycles. The highest BCUT2D eigenvalue weighted by Gasteiger charge is 2.37. The number of carbonyl (C=O) groups excluding carboxylic acids is 2. The van der Waals surface area contributed by atoms with E-state index in [4.69, 9.17) is 5.26 Å². The second kappa shape index (κ2) is 5.58. The number of rotatable bonds is 4. The molecule has 1 aromatic carbocycles. The minimum absolute atomic E-state index is 0.0560. The molecule has 0 N–H and O–H groups in total. The van der Waals surface area contributed by atoms with Gasteiger partial charge in [-0.05, 0) is 17.8 Å². The summed E-state index contributed by atoms with van der Waals surface area (Å²) >= 11 is 0.773. The van der Waals surface area contributed by atoms with Crippen molar-refractivity contribution in [2.45, 2.75) is 0 Å². The Morgan fingerprint density at radius 1 is 1.45 bits per heavy atom. The first kappa shape index (κ1) is 13.8. The van der Waals surface area contributed by atoms with E-state index < -0.39 is 16.9 Å². The van der Waals surface area contributed by atoms with Crippen molar-refractivity contribution in [3.05, 3.63) is 34.4 Å². The van der Waals surface area contributed by atoms with Crippen LogP contribution in [0.4, 0.5) is 16.2 Å². The molecule has 8 nitrogen and oxygen atoms in total. The summed E-state index contributed by atoms with van der Waals surface area (Å²) in [6, 6.07) is 4.90. The molecule has 1 aliphatic heterocycles. The number of nitro benzene ring substituents is 1. The third-order valence-corrected chi connectivity index (χ3v) is 3.18. The Kier molecular flexibility index (Phi) is 3.86. The number of anilines is 1. The highest BCUT2D eigenvalue weighted by atomic mass is 32.2. The van der Waals surface area contributed by atoms with Crippen molar-refractivity contribution in [2.24, 2.45) is 0 Å². The third-order valence-electron chi connectivity index (χ3n) is 2.67. The summed E-state index contributed by atoms with van der Waals surface area (Å²) in [5, 5.41) is 20.9. The fourth-order valence-electron chi connectivity index (χ4n) is 1.74. The number of nitro groups is 1. The number of hydrogen-bond donors (Lipinski definition) is 0. The molecule has 0 aliphatic carbocycles. The van der Waals surface area contributed by atoms with Crippen molar-refractivity contribution in [3.63, 3.8) is 0 Å². The van der Waals surface area contributed by atoms with E-state index in [0.717, 1.165) is 21.6 Å². The molecule has 1 saturated heterocycles. The highest BCUT2D eigenvalue weighted by molar-refractivity contribution is 8.03. The van der Waals surface area contributed by atoms with Gasteiger partial charge in [0.25, 0.3) is 11.6 Å². The largest absolute Gasteiger partial charge is 0.332 e. The van der Waals surface area contributed by atoms with Crippen molar-refractivity contribution in [3.8, 4) is 5.40 Å². The van der Waals surface area contributed by atoms with E-state index in [1.807, 2.05) is 0 Å². The van der Waals surface area contributed by atoms with Gasteiger partial charge in [0.05, 0.1) is 16.5 Å². The van der Waals surface area contributed by atoms with Gasteiger partial charge >= 0.3 is 6.03 Å². The number of imide groups is 1. The van der Waals surface area contributed by atoms with Crippen LogP contribution in [-0.2, 0) is 4.79 Å². The van der Waals surface area contributed by atoms with Gasteiger partial charge in [0.1, 0.15) is 11.9 Å². The van der Waals surface area contributed by atoms with Gasteiger partial charge in [0.15, 0.2) is 0 Å². The lowest BCUT2D eigenvalue weighted by Gasteiger charge is -2.15. The zero-order valence-corrected chi connectivity index (χ0v) is 10.9. The van der Waals surface area contributed by atoms with Gasteiger partial charge < -0.3 is 0 Å². The van der Waals surface area contributed by atoms with Crippen LogP contribution in [0.25, 0.3) is 0 Å². The minimum Gasteiger partial charge on any atom is -0.284 e. The van der Waals surface area contributed by atoms with Crippen molar-refractivity contribution < 1.29 is 14.5 Å². The summed E-state index contributed by atoms with van der Waals surface area (Å²) in [5.74, 6) is -0.496. The monoisotopic (exact) mass is 292 g/mol. The Morgan fingerprint density at radius 2 is 2.20 bits per heavy atom. The maximum Gasteiger partial charge on any atom is 0.332 e. The lowest BCUT2D eigenvalue weighted by Crippen LogP contribution is -2.32. The van der Waals surface area contributed by atoms with E-state index in [-0.39, 0.29) is 23.8 Å². The molecule has 0 saturated carbocycles. The van der Waals surface area contributed by atoms with Crippen LogP contribution < -0.4 is 4.90 Å². The van der Waals surface area contributed by atoms with Crippen molar-refractivity contribution in [2.75, 3.05) is 17.3 Å². The summed E-state index contributed by atoms with van der Waals surface area (Å²) < 4.78 is 0. The number of thioether (sulfide) groups is 1. The Hall–Kier alpha value is -2.60. The van der Waals surface area contributed by atoms with Gasteiger partial charge in [-0.1, -0.05) is 6.07 Å². The van der Waals surface area contributed by atoms with Crippen LogP contribution in [0.15, 0.2) is 24.3 Å². The molecule has 1 aliphatic rings. The molecule has 3 amide bonds. The number of nitriles is 1. The van der Waals surface area contributed by atoms with Crippen LogP contribution in [0.3, 0.4) is 0 Å². The van der Waals surface area contributed by atoms with Gasteiger partial charge in [-0.15, -0.1) is 0 Å². The molecule has 1 aromatic rings. The quantitative estimate of drug-likeness (QED) is 0.360. The second-order valence-electron chi connectivity index (χ2n) is 3.83. The molecule has 0 radical (unpaired) electrons. The van der Waals surface area contributed by atoms with Crippen LogP contribution in [0.2, 0.25) is 0 Å². The molecule has 2 rings (SSSR count). The lowest BCUT2D eigenvalue weighted by molar-refractivity contribution is -0.384. The van der Waals surface area contributed by atoms with E-state index >= 15 is 0 Å². The third kappa shape index (κ3) is 2.55. The average molecular weight is 292 g/mol. The second-order valence-corrected chi connectivity index (χ2v) is 4.56. The van der Waals surface area contributed by atoms with Crippen LogP contribution in [0, 0.1) is 20.8 Å². The van der Waals surface area contributed by atoms with Crippen molar-refractivity contribution in [1.29, 1.82) is 5.26 Å². The summed E-state index contributed by atoms with van der Waals surface area (Å²) in [6.07, 6.45) is 0. The summed E-state index contributed by atoms with van der Waals surface area (Å²) in [6.45, 7) is -0.189. The maximum atomic E-state index is 12.0. The Morgan fingerprint density at radius 3 is 2.85 bits per heavy atom. The van der Waals surface area contributed by atoms with E-state index in [1.54, 1.807) is 5.40 Å². The molecule has 102 valence electrons. The predicted molar refractivity (Wildman–Crippen MR) is 70.8 cm³/mol. The minimum atomic E-state index is -0.585. The van der Waals surface area contributed by atoms with Gasteiger partial charge in [-0.2, -0.15) is 5.26 Å². The number of carbonyl (C=O) groups is 2. The number of thiocyanates is 1.